The molecule has 10 heteroatoms. The molecule has 0 spiro atoms. The summed E-state index contributed by atoms with van der Waals surface area (Å²) in [6, 6.07) is 5.33. The number of rotatable bonds is 5. The van der Waals surface area contributed by atoms with E-state index >= 15 is 0 Å². The van der Waals surface area contributed by atoms with Gasteiger partial charge in [-0.25, -0.2) is 0 Å². The Morgan fingerprint density at radius 1 is 1.11 bits per heavy atom. The van der Waals surface area contributed by atoms with Gasteiger partial charge in [-0.15, -0.1) is 0 Å². The first-order valence-corrected chi connectivity index (χ1v) is 10.5. The van der Waals surface area contributed by atoms with Crippen LogP contribution in [0.2, 0.25) is 0 Å². The van der Waals surface area contributed by atoms with Crippen LogP contribution in [-0.2, 0) is 15.0 Å². The van der Waals surface area contributed by atoms with Crippen LogP contribution < -0.4 is 5.32 Å². The average molecular weight is 408 g/mol. The topological polar surface area (TPSA) is 107 Å². The summed E-state index contributed by atoms with van der Waals surface area (Å²) in [4.78, 5) is 38.6. The Morgan fingerprint density at radius 3 is 2.07 bits per heavy atom. The SMILES string of the molecule is CC(C(=O)NC1CCN(S(=O)(=O)N(C)C)CC1)N1C(=O)c2ccccc2C1=O. The Kier molecular flexibility index (Phi) is 5.55. The molecule has 0 bridgehead atoms. The van der Waals surface area contributed by atoms with E-state index in [0.29, 0.717) is 37.1 Å². The van der Waals surface area contributed by atoms with Gasteiger partial charge in [-0.2, -0.15) is 17.0 Å². The number of nitrogens with one attached hydrogen (secondary N) is 1. The van der Waals surface area contributed by atoms with Crippen LogP contribution in [0.1, 0.15) is 40.5 Å². The summed E-state index contributed by atoms with van der Waals surface area (Å²) in [7, 11) is -0.512. The van der Waals surface area contributed by atoms with Crippen molar-refractivity contribution in [3.8, 4) is 0 Å². The minimum atomic E-state index is -3.47. The summed E-state index contributed by atoms with van der Waals surface area (Å²) < 4.78 is 26.9. The van der Waals surface area contributed by atoms with Crippen LogP contribution in [0.4, 0.5) is 0 Å². The highest BCUT2D eigenvalue weighted by Crippen LogP contribution is 2.24. The maximum Gasteiger partial charge on any atom is 0.281 e. The van der Waals surface area contributed by atoms with E-state index in [1.807, 2.05) is 0 Å². The molecule has 0 aromatic heterocycles. The first kappa shape index (κ1) is 20.4. The lowest BCUT2D eigenvalue weighted by Gasteiger charge is -2.34. The molecule has 1 saturated heterocycles. The third-order valence-electron chi connectivity index (χ3n) is 5.18. The zero-order chi connectivity index (χ0) is 20.6. The molecule has 3 rings (SSSR count). The number of benzene rings is 1. The molecule has 1 fully saturated rings. The van der Waals surface area contributed by atoms with Gasteiger partial charge in [0.25, 0.3) is 22.0 Å². The summed E-state index contributed by atoms with van der Waals surface area (Å²) in [6.45, 7) is 2.11. The lowest BCUT2D eigenvalue weighted by molar-refractivity contribution is -0.125. The van der Waals surface area contributed by atoms with E-state index in [9.17, 15) is 22.8 Å². The van der Waals surface area contributed by atoms with Crippen molar-refractivity contribution in [2.45, 2.75) is 31.8 Å². The highest BCUT2D eigenvalue weighted by atomic mass is 32.2. The van der Waals surface area contributed by atoms with E-state index in [0.717, 1.165) is 9.21 Å². The predicted octanol–water partition coefficient (Wildman–Crippen LogP) is 0.0581. The van der Waals surface area contributed by atoms with Crippen LogP contribution in [-0.4, -0.2) is 78.9 Å². The van der Waals surface area contributed by atoms with E-state index in [-0.39, 0.29) is 6.04 Å². The number of piperidine rings is 1. The number of hydrogen-bond acceptors (Lipinski definition) is 5. The Labute approximate surface area is 164 Å². The quantitative estimate of drug-likeness (QED) is 0.693. The molecule has 152 valence electrons. The van der Waals surface area contributed by atoms with Crippen molar-refractivity contribution in [3.63, 3.8) is 0 Å². The highest BCUT2D eigenvalue weighted by Gasteiger charge is 2.41. The van der Waals surface area contributed by atoms with Crippen LogP contribution in [0, 0.1) is 0 Å². The third kappa shape index (κ3) is 3.54. The number of nitrogens with zero attached hydrogens (tertiary/aromatic N) is 3. The van der Waals surface area contributed by atoms with E-state index in [1.165, 1.54) is 25.3 Å². The molecule has 0 radical (unpaired) electrons. The highest BCUT2D eigenvalue weighted by molar-refractivity contribution is 7.86. The number of amides is 3. The summed E-state index contributed by atoms with van der Waals surface area (Å²) in [5.41, 5.74) is 0.601. The van der Waals surface area contributed by atoms with Crippen LogP contribution in [0.25, 0.3) is 0 Å². The first-order chi connectivity index (χ1) is 13.1. The molecule has 0 aliphatic carbocycles. The smallest absolute Gasteiger partial charge is 0.281 e. The van der Waals surface area contributed by atoms with Gasteiger partial charge < -0.3 is 5.32 Å². The Hall–Kier alpha value is -2.30. The lowest BCUT2D eigenvalue weighted by Crippen LogP contribution is -2.53. The molecule has 1 aromatic rings. The van der Waals surface area contributed by atoms with Crippen molar-refractivity contribution in [1.29, 1.82) is 0 Å². The molecule has 2 aliphatic heterocycles. The lowest BCUT2D eigenvalue weighted by atomic mass is 10.1. The molecule has 2 heterocycles. The molecule has 0 saturated carbocycles. The summed E-state index contributed by atoms with van der Waals surface area (Å²) in [5, 5.41) is 2.84. The first-order valence-electron chi connectivity index (χ1n) is 9.09. The van der Waals surface area contributed by atoms with Crippen LogP contribution in [0.3, 0.4) is 0 Å². The fourth-order valence-corrected chi connectivity index (χ4v) is 4.59. The van der Waals surface area contributed by atoms with Crippen LogP contribution >= 0.6 is 0 Å². The van der Waals surface area contributed by atoms with Gasteiger partial charge in [0.2, 0.25) is 5.91 Å². The molecule has 9 nitrogen and oxygen atoms in total. The molecule has 1 atom stereocenters. The Bertz CT molecular complexity index is 871. The number of carbonyl (C=O) groups is 3. The molecular weight excluding hydrogens is 384 g/mol. The second-order valence-electron chi connectivity index (χ2n) is 7.17. The fourth-order valence-electron chi connectivity index (χ4n) is 3.46. The zero-order valence-corrected chi connectivity index (χ0v) is 16.9. The standard InChI is InChI=1S/C18H24N4O5S/c1-12(22-17(24)14-6-4-5-7-15(14)18(22)25)16(23)19-13-8-10-21(11-9-13)28(26,27)20(2)3/h4-7,12-13H,8-11H2,1-3H3,(H,19,23). The molecule has 3 amide bonds. The summed E-state index contributed by atoms with van der Waals surface area (Å²) in [6.07, 6.45) is 0.932. The van der Waals surface area contributed by atoms with Gasteiger partial charge in [0.05, 0.1) is 11.1 Å². The Morgan fingerprint density at radius 2 is 1.61 bits per heavy atom. The van der Waals surface area contributed by atoms with Crippen molar-refractivity contribution in [1.82, 2.24) is 18.8 Å². The number of hydrogen-bond donors (Lipinski definition) is 1. The van der Waals surface area contributed by atoms with E-state index < -0.39 is 34.0 Å². The van der Waals surface area contributed by atoms with Gasteiger partial charge in [0.15, 0.2) is 0 Å². The van der Waals surface area contributed by atoms with Gasteiger partial charge in [0, 0.05) is 33.2 Å². The van der Waals surface area contributed by atoms with Crippen molar-refractivity contribution >= 4 is 27.9 Å². The number of fused-ring (bicyclic) bond motifs is 1. The Balaban J connectivity index is 1.61. The number of carbonyl (C=O) groups excluding carboxylic acids is 3. The van der Waals surface area contributed by atoms with E-state index in [4.69, 9.17) is 0 Å². The third-order valence-corrected chi connectivity index (χ3v) is 7.12. The van der Waals surface area contributed by atoms with Gasteiger partial charge in [-0.1, -0.05) is 12.1 Å². The van der Waals surface area contributed by atoms with Gasteiger partial charge >= 0.3 is 0 Å². The largest absolute Gasteiger partial charge is 0.351 e. The van der Waals surface area contributed by atoms with E-state index in [2.05, 4.69) is 5.32 Å². The van der Waals surface area contributed by atoms with Crippen molar-refractivity contribution in [3.05, 3.63) is 35.4 Å². The number of imide groups is 1. The second kappa shape index (κ2) is 7.61. The normalized spacial score (nSPS) is 19.8. The predicted molar refractivity (Wildman–Crippen MR) is 102 cm³/mol. The second-order valence-corrected chi connectivity index (χ2v) is 9.32. The maximum atomic E-state index is 12.6. The van der Waals surface area contributed by atoms with E-state index in [1.54, 1.807) is 24.3 Å². The molecule has 2 aliphatic rings. The van der Waals surface area contributed by atoms with Crippen molar-refractivity contribution < 1.29 is 22.8 Å². The molecule has 1 unspecified atom stereocenters. The van der Waals surface area contributed by atoms with Crippen LogP contribution in [0.5, 0.6) is 0 Å². The summed E-state index contributed by atoms with van der Waals surface area (Å²) >= 11 is 0. The molecule has 1 N–H and O–H groups in total. The zero-order valence-electron chi connectivity index (χ0n) is 16.1. The monoisotopic (exact) mass is 408 g/mol. The van der Waals surface area contributed by atoms with Gasteiger partial charge in [-0.05, 0) is 31.9 Å². The minimum absolute atomic E-state index is 0.209. The van der Waals surface area contributed by atoms with Gasteiger partial charge in [0.1, 0.15) is 6.04 Å². The fraction of sp³-hybridized carbons (Fsp3) is 0.500. The van der Waals surface area contributed by atoms with Crippen molar-refractivity contribution in [2.75, 3.05) is 27.2 Å². The van der Waals surface area contributed by atoms with Crippen molar-refractivity contribution in [2.24, 2.45) is 0 Å². The average Bonchev–Trinajstić information content (AvgIpc) is 2.92. The molecule has 28 heavy (non-hydrogen) atoms. The molecule has 1 aromatic carbocycles. The summed E-state index contributed by atoms with van der Waals surface area (Å²) in [5.74, 6) is -1.38. The minimum Gasteiger partial charge on any atom is -0.351 e. The molecular formula is C18H24N4O5S. The van der Waals surface area contributed by atoms with Gasteiger partial charge in [-0.3, -0.25) is 19.3 Å². The van der Waals surface area contributed by atoms with Crippen LogP contribution in [0.15, 0.2) is 24.3 Å². The maximum absolute atomic E-state index is 12.6.